The topological polar surface area (TPSA) is 20.2 Å². The molecular formula is C11H14OS. The molecule has 1 N–H and O–H groups in total. The Hall–Kier alpha value is -0.780. The molecule has 0 saturated carbocycles. The molecule has 1 unspecified atom stereocenters. The fourth-order valence-corrected chi connectivity index (χ4v) is 1.55. The number of hydrogen-bond acceptors (Lipinski definition) is 2. The SMILES string of the molecule is CCCCC(O)C#Cc1cccs1. The van der Waals surface area contributed by atoms with Crippen LogP contribution in [-0.2, 0) is 0 Å². The van der Waals surface area contributed by atoms with Crippen molar-refractivity contribution in [3.8, 4) is 11.8 Å². The number of aliphatic hydroxyl groups excluding tert-OH is 1. The van der Waals surface area contributed by atoms with Crippen molar-refractivity contribution < 1.29 is 5.11 Å². The highest BCUT2D eigenvalue weighted by Gasteiger charge is 1.96. The van der Waals surface area contributed by atoms with Crippen LogP contribution in [0.15, 0.2) is 17.5 Å². The number of rotatable bonds is 3. The highest BCUT2D eigenvalue weighted by Crippen LogP contribution is 2.06. The number of hydrogen-bond donors (Lipinski definition) is 1. The predicted molar refractivity (Wildman–Crippen MR) is 56.7 cm³/mol. The summed E-state index contributed by atoms with van der Waals surface area (Å²) in [6.07, 6.45) is 2.48. The molecule has 0 aliphatic heterocycles. The maximum Gasteiger partial charge on any atom is 0.115 e. The van der Waals surface area contributed by atoms with Crippen molar-refractivity contribution in [1.82, 2.24) is 0 Å². The van der Waals surface area contributed by atoms with Gasteiger partial charge in [-0.3, -0.25) is 0 Å². The summed E-state index contributed by atoms with van der Waals surface area (Å²) < 4.78 is 0. The lowest BCUT2D eigenvalue weighted by Crippen LogP contribution is -2.01. The normalized spacial score (nSPS) is 11.8. The lowest BCUT2D eigenvalue weighted by molar-refractivity contribution is 0.218. The molecule has 0 radical (unpaired) electrons. The maximum atomic E-state index is 9.41. The van der Waals surface area contributed by atoms with Gasteiger partial charge in [0.05, 0.1) is 4.88 Å². The van der Waals surface area contributed by atoms with Crippen LogP contribution in [0.1, 0.15) is 31.1 Å². The van der Waals surface area contributed by atoms with E-state index in [2.05, 4.69) is 18.8 Å². The van der Waals surface area contributed by atoms with E-state index in [1.165, 1.54) is 0 Å². The van der Waals surface area contributed by atoms with E-state index in [0.717, 1.165) is 24.1 Å². The van der Waals surface area contributed by atoms with Gasteiger partial charge in [0.25, 0.3) is 0 Å². The molecule has 0 fully saturated rings. The van der Waals surface area contributed by atoms with Crippen LogP contribution in [0.25, 0.3) is 0 Å². The Morgan fingerprint density at radius 2 is 2.46 bits per heavy atom. The Morgan fingerprint density at radius 1 is 1.62 bits per heavy atom. The van der Waals surface area contributed by atoms with E-state index < -0.39 is 6.10 Å². The average Bonchev–Trinajstić information content (AvgIpc) is 2.64. The quantitative estimate of drug-likeness (QED) is 0.733. The van der Waals surface area contributed by atoms with Gasteiger partial charge in [-0.25, -0.2) is 0 Å². The van der Waals surface area contributed by atoms with Crippen LogP contribution in [0.5, 0.6) is 0 Å². The zero-order valence-corrected chi connectivity index (χ0v) is 8.60. The second-order valence-electron chi connectivity index (χ2n) is 2.90. The van der Waals surface area contributed by atoms with E-state index >= 15 is 0 Å². The van der Waals surface area contributed by atoms with E-state index in [4.69, 9.17) is 0 Å². The summed E-state index contributed by atoms with van der Waals surface area (Å²) >= 11 is 1.60. The fourth-order valence-electron chi connectivity index (χ4n) is 0.974. The highest BCUT2D eigenvalue weighted by molar-refractivity contribution is 7.10. The van der Waals surface area contributed by atoms with Crippen LogP contribution >= 0.6 is 11.3 Å². The minimum absolute atomic E-state index is 0.456. The molecular weight excluding hydrogens is 180 g/mol. The van der Waals surface area contributed by atoms with Gasteiger partial charge in [-0.05, 0) is 17.9 Å². The predicted octanol–water partition coefficient (Wildman–Crippen LogP) is 2.65. The second-order valence-corrected chi connectivity index (χ2v) is 3.85. The Kier molecular flexibility index (Phi) is 4.59. The number of unbranched alkanes of at least 4 members (excludes halogenated alkanes) is 1. The summed E-state index contributed by atoms with van der Waals surface area (Å²) in [6, 6.07) is 3.93. The van der Waals surface area contributed by atoms with Crippen molar-refractivity contribution >= 4 is 11.3 Å². The Labute approximate surface area is 83.4 Å². The van der Waals surface area contributed by atoms with Crippen molar-refractivity contribution in [2.75, 3.05) is 0 Å². The van der Waals surface area contributed by atoms with Crippen LogP contribution in [0.3, 0.4) is 0 Å². The van der Waals surface area contributed by atoms with Crippen LogP contribution in [-0.4, -0.2) is 11.2 Å². The zero-order chi connectivity index (χ0) is 9.52. The molecule has 1 atom stereocenters. The molecule has 2 heteroatoms. The minimum Gasteiger partial charge on any atom is -0.380 e. The summed E-state index contributed by atoms with van der Waals surface area (Å²) in [5.41, 5.74) is 0. The van der Waals surface area contributed by atoms with Crippen molar-refractivity contribution in [2.24, 2.45) is 0 Å². The summed E-state index contributed by atoms with van der Waals surface area (Å²) in [6.45, 7) is 2.11. The zero-order valence-electron chi connectivity index (χ0n) is 7.79. The first-order valence-corrected chi connectivity index (χ1v) is 5.44. The summed E-state index contributed by atoms with van der Waals surface area (Å²) in [4.78, 5) is 1.02. The molecule has 0 amide bonds. The Balaban J connectivity index is 2.38. The van der Waals surface area contributed by atoms with Gasteiger partial charge in [-0.1, -0.05) is 37.7 Å². The van der Waals surface area contributed by atoms with Crippen molar-refractivity contribution in [3.05, 3.63) is 22.4 Å². The largest absolute Gasteiger partial charge is 0.380 e. The third-order valence-corrected chi connectivity index (χ3v) is 2.50. The molecule has 0 aromatic carbocycles. The second kappa shape index (κ2) is 5.80. The molecule has 1 rings (SSSR count). The summed E-state index contributed by atoms with van der Waals surface area (Å²) in [5.74, 6) is 5.79. The number of aliphatic hydroxyl groups is 1. The monoisotopic (exact) mass is 194 g/mol. The molecule has 70 valence electrons. The summed E-state index contributed by atoms with van der Waals surface area (Å²) in [7, 11) is 0. The molecule has 0 saturated heterocycles. The average molecular weight is 194 g/mol. The minimum atomic E-state index is -0.456. The van der Waals surface area contributed by atoms with Gasteiger partial charge < -0.3 is 5.11 Å². The van der Waals surface area contributed by atoms with Crippen LogP contribution in [0, 0.1) is 11.8 Å². The van der Waals surface area contributed by atoms with E-state index in [1.807, 2.05) is 17.5 Å². The van der Waals surface area contributed by atoms with Gasteiger partial charge in [0.2, 0.25) is 0 Å². The lowest BCUT2D eigenvalue weighted by atomic mass is 10.2. The summed E-state index contributed by atoms with van der Waals surface area (Å²) in [5, 5.41) is 11.4. The van der Waals surface area contributed by atoms with Gasteiger partial charge in [0, 0.05) is 0 Å². The Bertz CT molecular complexity index is 279. The van der Waals surface area contributed by atoms with Crippen molar-refractivity contribution in [1.29, 1.82) is 0 Å². The highest BCUT2D eigenvalue weighted by atomic mass is 32.1. The van der Waals surface area contributed by atoms with Gasteiger partial charge in [-0.15, -0.1) is 11.3 Å². The first-order valence-electron chi connectivity index (χ1n) is 4.56. The first-order chi connectivity index (χ1) is 6.33. The molecule has 1 nitrogen and oxygen atoms in total. The van der Waals surface area contributed by atoms with Gasteiger partial charge >= 0.3 is 0 Å². The van der Waals surface area contributed by atoms with Crippen LogP contribution in [0.4, 0.5) is 0 Å². The third kappa shape index (κ3) is 4.12. The molecule has 0 spiro atoms. The standard InChI is InChI=1S/C11H14OS/c1-2-3-5-10(12)7-8-11-6-4-9-13-11/h4,6,9-10,12H,2-3,5H2,1H3. The van der Waals surface area contributed by atoms with Gasteiger partial charge in [0.1, 0.15) is 6.10 Å². The smallest absolute Gasteiger partial charge is 0.115 e. The van der Waals surface area contributed by atoms with E-state index in [-0.39, 0.29) is 0 Å². The van der Waals surface area contributed by atoms with Crippen LogP contribution < -0.4 is 0 Å². The molecule has 1 heterocycles. The molecule has 1 aromatic heterocycles. The molecule has 0 bridgehead atoms. The number of thiophene rings is 1. The molecule has 13 heavy (non-hydrogen) atoms. The van der Waals surface area contributed by atoms with E-state index in [9.17, 15) is 5.11 Å². The molecule has 0 aliphatic carbocycles. The van der Waals surface area contributed by atoms with E-state index in [0.29, 0.717) is 0 Å². The van der Waals surface area contributed by atoms with E-state index in [1.54, 1.807) is 11.3 Å². The first kappa shape index (κ1) is 10.3. The Morgan fingerprint density at radius 3 is 3.08 bits per heavy atom. The molecule has 0 aliphatic rings. The van der Waals surface area contributed by atoms with Crippen molar-refractivity contribution in [2.45, 2.75) is 32.3 Å². The van der Waals surface area contributed by atoms with Gasteiger partial charge in [0.15, 0.2) is 0 Å². The maximum absolute atomic E-state index is 9.41. The van der Waals surface area contributed by atoms with Gasteiger partial charge in [-0.2, -0.15) is 0 Å². The van der Waals surface area contributed by atoms with Crippen LogP contribution in [0.2, 0.25) is 0 Å². The third-order valence-electron chi connectivity index (χ3n) is 1.71. The molecule has 1 aromatic rings. The fraction of sp³-hybridized carbons (Fsp3) is 0.455. The lowest BCUT2D eigenvalue weighted by Gasteiger charge is -1.99. The van der Waals surface area contributed by atoms with Crippen molar-refractivity contribution in [3.63, 3.8) is 0 Å².